The molecule has 1 N–H and O–H groups in total. The highest BCUT2D eigenvalue weighted by Crippen LogP contribution is 2.25. The molecule has 2 aromatic heterocycles. The van der Waals surface area contributed by atoms with E-state index in [0.29, 0.717) is 17.6 Å². The van der Waals surface area contributed by atoms with Crippen LogP contribution in [0, 0.1) is 10.1 Å². The number of furan rings is 1. The highest BCUT2D eigenvalue weighted by Gasteiger charge is 2.09. The van der Waals surface area contributed by atoms with Crippen LogP contribution >= 0.6 is 0 Å². The van der Waals surface area contributed by atoms with Gasteiger partial charge in [0.15, 0.2) is 12.0 Å². The smallest absolute Gasteiger partial charge is 0.270 e. The van der Waals surface area contributed by atoms with Gasteiger partial charge in [0.05, 0.1) is 4.92 Å². The van der Waals surface area contributed by atoms with Crippen LogP contribution in [0.5, 0.6) is 0 Å². The molecule has 7 nitrogen and oxygen atoms in total. The van der Waals surface area contributed by atoms with Crippen LogP contribution in [-0.2, 0) is 6.42 Å². The molecule has 3 rings (SSSR count). The normalized spacial score (nSPS) is 10.9. The van der Waals surface area contributed by atoms with Crippen LogP contribution in [0.3, 0.4) is 0 Å². The molecule has 3 aromatic rings. The van der Waals surface area contributed by atoms with Crippen molar-refractivity contribution in [3.63, 3.8) is 0 Å². The standard InChI is InChI=1S/C14H18N2.C11H7NO4/c1-4-5-6-7-12(2)10-13-8-9-16-14(11-13)15-3;13-7-10-4-5-11(16-10)8-2-1-3-9(6-8)12(14)15/h4-9,11H,1,10H2,2-3H3,(H,15,16);1-7H/b6-5-,12-7+;. The second-order valence-corrected chi connectivity index (χ2v) is 6.74. The molecule has 0 saturated carbocycles. The molecule has 0 atom stereocenters. The fraction of sp³-hybridized carbons (Fsp3) is 0.120. The zero-order valence-electron chi connectivity index (χ0n) is 18.0. The molecule has 7 heteroatoms. The van der Waals surface area contributed by atoms with Crippen LogP contribution in [0.4, 0.5) is 11.5 Å². The molecule has 0 bridgehead atoms. The Morgan fingerprint density at radius 3 is 2.69 bits per heavy atom. The van der Waals surface area contributed by atoms with Crippen molar-refractivity contribution in [1.82, 2.24) is 4.98 Å². The highest BCUT2D eigenvalue weighted by molar-refractivity contribution is 5.73. The van der Waals surface area contributed by atoms with Gasteiger partial charge in [-0.1, -0.05) is 48.6 Å². The first-order chi connectivity index (χ1) is 15.5. The van der Waals surface area contributed by atoms with Gasteiger partial charge in [-0.05, 0) is 43.2 Å². The molecule has 0 fully saturated rings. The molecule has 0 unspecified atom stereocenters. The average Bonchev–Trinajstić information content (AvgIpc) is 3.29. The summed E-state index contributed by atoms with van der Waals surface area (Å²) < 4.78 is 5.16. The number of nitro benzene ring substituents is 1. The number of carbonyl (C=O) groups excluding carboxylic acids is 1. The second kappa shape index (κ2) is 12.4. The number of rotatable bonds is 8. The molecule has 0 aliphatic heterocycles. The van der Waals surface area contributed by atoms with Gasteiger partial charge in [-0.3, -0.25) is 14.9 Å². The Labute approximate surface area is 187 Å². The second-order valence-electron chi connectivity index (χ2n) is 6.74. The first-order valence-electron chi connectivity index (χ1n) is 9.84. The molecular weight excluding hydrogens is 406 g/mol. The van der Waals surface area contributed by atoms with Gasteiger partial charge in [-0.25, -0.2) is 4.98 Å². The van der Waals surface area contributed by atoms with Gasteiger partial charge in [-0.15, -0.1) is 0 Å². The van der Waals surface area contributed by atoms with E-state index in [1.807, 2.05) is 31.5 Å². The number of anilines is 1. The number of aromatic nitrogens is 1. The molecule has 32 heavy (non-hydrogen) atoms. The predicted octanol–water partition coefficient (Wildman–Crippen LogP) is 6.02. The van der Waals surface area contributed by atoms with Crippen LogP contribution in [0.15, 0.2) is 95.6 Å². The maximum atomic E-state index is 10.6. The van der Waals surface area contributed by atoms with Crippen LogP contribution < -0.4 is 5.32 Å². The van der Waals surface area contributed by atoms with Crippen LogP contribution in [0.25, 0.3) is 11.3 Å². The summed E-state index contributed by atoms with van der Waals surface area (Å²) in [5.74, 6) is 1.54. The van der Waals surface area contributed by atoms with Crippen LogP contribution in [0.2, 0.25) is 0 Å². The van der Waals surface area contributed by atoms with Crippen molar-refractivity contribution in [3.8, 4) is 11.3 Å². The minimum absolute atomic E-state index is 0.0125. The fourth-order valence-electron chi connectivity index (χ4n) is 2.74. The molecule has 0 saturated heterocycles. The summed E-state index contributed by atoms with van der Waals surface area (Å²) in [6, 6.07) is 13.3. The number of hydrogen-bond acceptors (Lipinski definition) is 6. The van der Waals surface area contributed by atoms with Crippen molar-refractivity contribution < 1.29 is 14.1 Å². The van der Waals surface area contributed by atoms with E-state index in [2.05, 4.69) is 35.9 Å². The van der Waals surface area contributed by atoms with Gasteiger partial charge < -0.3 is 9.73 Å². The number of benzene rings is 1. The molecule has 0 aliphatic carbocycles. The maximum absolute atomic E-state index is 10.6. The molecule has 0 radical (unpaired) electrons. The number of pyridine rings is 1. The largest absolute Gasteiger partial charge is 0.453 e. The minimum atomic E-state index is -0.479. The Morgan fingerprint density at radius 1 is 1.22 bits per heavy atom. The summed E-state index contributed by atoms with van der Waals surface area (Å²) in [6.07, 6.45) is 11.2. The Bertz CT molecular complexity index is 1130. The van der Waals surface area contributed by atoms with E-state index in [-0.39, 0.29) is 11.4 Å². The topological polar surface area (TPSA) is 98.3 Å². The van der Waals surface area contributed by atoms with Crippen molar-refractivity contribution in [2.45, 2.75) is 13.3 Å². The number of allylic oxidation sites excluding steroid dienone is 5. The summed E-state index contributed by atoms with van der Waals surface area (Å²) in [5.41, 5.74) is 3.13. The van der Waals surface area contributed by atoms with E-state index in [1.54, 1.807) is 24.3 Å². The first kappa shape index (κ1) is 24.0. The Morgan fingerprint density at radius 2 is 2.03 bits per heavy atom. The molecule has 0 spiro atoms. The number of nitrogens with zero attached hydrogens (tertiary/aromatic N) is 2. The lowest BCUT2D eigenvalue weighted by Crippen LogP contribution is -1.94. The maximum Gasteiger partial charge on any atom is 0.270 e. The SMILES string of the molecule is C=C/C=C\C=C(/C)Cc1ccnc(NC)c1.O=Cc1ccc(-c2cccc([N+](=O)[O-])c2)o1. The predicted molar refractivity (Wildman–Crippen MR) is 127 cm³/mol. The van der Waals surface area contributed by atoms with Gasteiger partial charge in [0.2, 0.25) is 0 Å². The number of hydrogen-bond donors (Lipinski definition) is 1. The van der Waals surface area contributed by atoms with Crippen molar-refractivity contribution in [2.75, 3.05) is 12.4 Å². The zero-order chi connectivity index (χ0) is 23.3. The van der Waals surface area contributed by atoms with Gasteiger partial charge in [0.1, 0.15) is 11.6 Å². The number of aldehydes is 1. The van der Waals surface area contributed by atoms with Crippen molar-refractivity contribution in [3.05, 3.63) is 113 Å². The van der Waals surface area contributed by atoms with E-state index in [4.69, 9.17) is 4.42 Å². The third-order valence-electron chi connectivity index (χ3n) is 4.28. The van der Waals surface area contributed by atoms with Crippen molar-refractivity contribution >= 4 is 17.8 Å². The fourth-order valence-corrected chi connectivity index (χ4v) is 2.74. The Kier molecular flexibility index (Phi) is 9.33. The minimum Gasteiger partial charge on any atom is -0.453 e. The zero-order valence-corrected chi connectivity index (χ0v) is 18.0. The molecule has 0 aliphatic rings. The van der Waals surface area contributed by atoms with Gasteiger partial charge in [-0.2, -0.15) is 0 Å². The third-order valence-corrected chi connectivity index (χ3v) is 4.28. The number of non-ortho nitro benzene ring substituents is 1. The molecule has 2 heterocycles. The van der Waals surface area contributed by atoms with Gasteiger partial charge >= 0.3 is 0 Å². The lowest BCUT2D eigenvalue weighted by Gasteiger charge is -2.03. The number of carbonyl (C=O) groups is 1. The Hall–Kier alpha value is -4.26. The van der Waals surface area contributed by atoms with Crippen LogP contribution in [-0.4, -0.2) is 23.2 Å². The van der Waals surface area contributed by atoms with Crippen LogP contribution in [0.1, 0.15) is 23.0 Å². The van der Waals surface area contributed by atoms with E-state index < -0.39 is 4.92 Å². The monoisotopic (exact) mass is 431 g/mol. The third kappa shape index (κ3) is 7.53. The van der Waals surface area contributed by atoms with E-state index in [0.717, 1.165) is 12.2 Å². The van der Waals surface area contributed by atoms with Gasteiger partial charge in [0, 0.05) is 30.9 Å². The lowest BCUT2D eigenvalue weighted by atomic mass is 10.1. The van der Waals surface area contributed by atoms with Gasteiger partial charge in [0.25, 0.3) is 5.69 Å². The first-order valence-corrected chi connectivity index (χ1v) is 9.84. The quantitative estimate of drug-likeness (QED) is 0.203. The van der Waals surface area contributed by atoms with E-state index >= 15 is 0 Å². The molecule has 164 valence electrons. The summed E-state index contributed by atoms with van der Waals surface area (Å²) >= 11 is 0. The highest BCUT2D eigenvalue weighted by atomic mass is 16.6. The van der Waals surface area contributed by atoms with Crippen molar-refractivity contribution in [1.29, 1.82) is 0 Å². The lowest BCUT2D eigenvalue weighted by molar-refractivity contribution is -0.384. The summed E-state index contributed by atoms with van der Waals surface area (Å²) in [4.78, 5) is 24.7. The van der Waals surface area contributed by atoms with Crippen molar-refractivity contribution in [2.24, 2.45) is 0 Å². The molecule has 0 amide bonds. The summed E-state index contributed by atoms with van der Waals surface area (Å²) in [6.45, 7) is 5.75. The summed E-state index contributed by atoms with van der Waals surface area (Å²) in [5, 5.41) is 13.6. The Balaban J connectivity index is 0.000000227. The molecule has 1 aromatic carbocycles. The van der Waals surface area contributed by atoms with E-state index in [1.165, 1.54) is 29.3 Å². The van der Waals surface area contributed by atoms with E-state index in [9.17, 15) is 14.9 Å². The number of nitro groups is 1. The number of nitrogens with one attached hydrogen (secondary N) is 1. The average molecular weight is 431 g/mol. The molecular formula is C25H25N3O4. The summed E-state index contributed by atoms with van der Waals surface area (Å²) in [7, 11) is 1.88.